The van der Waals surface area contributed by atoms with Gasteiger partial charge < -0.3 is 5.11 Å². The lowest BCUT2D eigenvalue weighted by Gasteiger charge is -2.39. The first kappa shape index (κ1) is 15.0. The molecule has 0 bridgehead atoms. The molecule has 0 unspecified atom stereocenters. The Morgan fingerprint density at radius 3 is 2.62 bits per heavy atom. The standard InChI is InChI=1S/C18H28N2O/c21-13-12-20(17-9-10-17)15-18-8-4-5-11-19(18)14-16-6-2-1-3-7-16/h1-3,6-7,17-18,21H,4-5,8-15H2/t18-/m1/s1. The monoisotopic (exact) mass is 288 g/mol. The van der Waals surface area contributed by atoms with Crippen LogP contribution in [0.1, 0.15) is 37.7 Å². The SMILES string of the molecule is OCCN(C[C@H]1CCCCN1Cc1ccccc1)C1CC1. The number of rotatable bonds is 7. The Labute approximate surface area is 128 Å². The van der Waals surface area contributed by atoms with Gasteiger partial charge in [0.1, 0.15) is 0 Å². The summed E-state index contributed by atoms with van der Waals surface area (Å²) in [6.07, 6.45) is 6.64. The van der Waals surface area contributed by atoms with Crippen molar-refractivity contribution in [3.05, 3.63) is 35.9 Å². The maximum Gasteiger partial charge on any atom is 0.0558 e. The van der Waals surface area contributed by atoms with E-state index in [1.807, 2.05) is 0 Å². The Hall–Kier alpha value is -0.900. The molecule has 21 heavy (non-hydrogen) atoms. The minimum absolute atomic E-state index is 0.294. The molecule has 1 aromatic rings. The normalized spacial score (nSPS) is 23.6. The van der Waals surface area contributed by atoms with Gasteiger partial charge in [0.05, 0.1) is 6.61 Å². The Morgan fingerprint density at radius 2 is 1.90 bits per heavy atom. The van der Waals surface area contributed by atoms with Gasteiger partial charge in [-0.3, -0.25) is 9.80 Å². The molecular formula is C18H28N2O. The molecule has 3 heteroatoms. The minimum atomic E-state index is 0.294. The zero-order valence-electron chi connectivity index (χ0n) is 13.0. The molecule has 1 atom stereocenters. The molecule has 1 aliphatic carbocycles. The van der Waals surface area contributed by atoms with E-state index in [2.05, 4.69) is 40.1 Å². The van der Waals surface area contributed by atoms with Gasteiger partial charge in [-0.2, -0.15) is 0 Å². The second-order valence-electron chi connectivity index (χ2n) is 6.56. The highest BCUT2D eigenvalue weighted by Crippen LogP contribution is 2.29. The summed E-state index contributed by atoms with van der Waals surface area (Å²) >= 11 is 0. The molecule has 2 fully saturated rings. The van der Waals surface area contributed by atoms with Crippen LogP contribution in [-0.4, -0.2) is 53.2 Å². The summed E-state index contributed by atoms with van der Waals surface area (Å²) in [5, 5.41) is 9.29. The molecule has 1 N–H and O–H groups in total. The molecule has 1 aromatic carbocycles. The largest absolute Gasteiger partial charge is 0.395 e. The molecule has 1 aliphatic heterocycles. The average Bonchev–Trinajstić information content (AvgIpc) is 3.34. The minimum Gasteiger partial charge on any atom is -0.395 e. The van der Waals surface area contributed by atoms with Crippen LogP contribution in [0.15, 0.2) is 30.3 Å². The zero-order chi connectivity index (χ0) is 14.5. The van der Waals surface area contributed by atoms with Crippen molar-refractivity contribution >= 4 is 0 Å². The number of likely N-dealkylation sites (tertiary alicyclic amines) is 1. The molecular weight excluding hydrogens is 260 g/mol. The van der Waals surface area contributed by atoms with E-state index in [0.717, 1.165) is 25.7 Å². The average molecular weight is 288 g/mol. The molecule has 3 rings (SSSR count). The summed E-state index contributed by atoms with van der Waals surface area (Å²) in [6, 6.07) is 12.2. The third-order valence-corrected chi connectivity index (χ3v) is 4.87. The fourth-order valence-electron chi connectivity index (χ4n) is 3.55. The van der Waals surface area contributed by atoms with Gasteiger partial charge in [-0.15, -0.1) is 0 Å². The van der Waals surface area contributed by atoms with Gasteiger partial charge >= 0.3 is 0 Å². The predicted molar refractivity (Wildman–Crippen MR) is 86.2 cm³/mol. The molecule has 3 nitrogen and oxygen atoms in total. The number of hydrogen-bond donors (Lipinski definition) is 1. The molecule has 0 amide bonds. The van der Waals surface area contributed by atoms with Crippen molar-refractivity contribution in [2.45, 2.75) is 50.7 Å². The highest BCUT2D eigenvalue weighted by molar-refractivity contribution is 5.14. The lowest BCUT2D eigenvalue weighted by molar-refractivity contribution is 0.0854. The number of hydrogen-bond acceptors (Lipinski definition) is 3. The van der Waals surface area contributed by atoms with Crippen molar-refractivity contribution in [2.24, 2.45) is 0 Å². The van der Waals surface area contributed by atoms with Crippen molar-refractivity contribution in [3.8, 4) is 0 Å². The van der Waals surface area contributed by atoms with Crippen molar-refractivity contribution in [3.63, 3.8) is 0 Å². The van der Waals surface area contributed by atoms with Crippen LogP contribution in [0.25, 0.3) is 0 Å². The van der Waals surface area contributed by atoms with E-state index >= 15 is 0 Å². The van der Waals surface area contributed by atoms with Gasteiger partial charge in [0.25, 0.3) is 0 Å². The van der Waals surface area contributed by atoms with Crippen LogP contribution in [0.3, 0.4) is 0 Å². The van der Waals surface area contributed by atoms with E-state index in [-0.39, 0.29) is 0 Å². The Balaban J connectivity index is 1.60. The smallest absolute Gasteiger partial charge is 0.0558 e. The van der Waals surface area contributed by atoms with Crippen LogP contribution >= 0.6 is 0 Å². The predicted octanol–water partition coefficient (Wildman–Crippen LogP) is 2.50. The third kappa shape index (κ3) is 4.29. The number of piperidine rings is 1. The fraction of sp³-hybridized carbons (Fsp3) is 0.667. The Morgan fingerprint density at radius 1 is 1.10 bits per heavy atom. The first-order valence-electron chi connectivity index (χ1n) is 8.49. The van der Waals surface area contributed by atoms with E-state index in [0.29, 0.717) is 12.6 Å². The lowest BCUT2D eigenvalue weighted by Crippen LogP contribution is -2.47. The topological polar surface area (TPSA) is 26.7 Å². The number of nitrogens with zero attached hydrogens (tertiary/aromatic N) is 2. The van der Waals surface area contributed by atoms with Crippen LogP contribution in [0.2, 0.25) is 0 Å². The molecule has 1 heterocycles. The van der Waals surface area contributed by atoms with Gasteiger partial charge in [-0.05, 0) is 37.8 Å². The molecule has 0 radical (unpaired) electrons. The van der Waals surface area contributed by atoms with Crippen LogP contribution in [0.4, 0.5) is 0 Å². The number of aliphatic hydroxyl groups is 1. The van der Waals surface area contributed by atoms with E-state index in [1.165, 1.54) is 44.2 Å². The maximum atomic E-state index is 9.29. The van der Waals surface area contributed by atoms with Crippen molar-refractivity contribution < 1.29 is 5.11 Å². The van der Waals surface area contributed by atoms with E-state index < -0.39 is 0 Å². The zero-order valence-corrected chi connectivity index (χ0v) is 13.0. The van der Waals surface area contributed by atoms with Crippen LogP contribution in [0, 0.1) is 0 Å². The Bertz CT molecular complexity index is 418. The van der Waals surface area contributed by atoms with Gasteiger partial charge in [-0.25, -0.2) is 0 Å². The van der Waals surface area contributed by atoms with Gasteiger partial charge in [0.2, 0.25) is 0 Å². The van der Waals surface area contributed by atoms with Crippen LogP contribution < -0.4 is 0 Å². The van der Waals surface area contributed by atoms with Gasteiger partial charge in [0.15, 0.2) is 0 Å². The van der Waals surface area contributed by atoms with Crippen LogP contribution in [-0.2, 0) is 6.54 Å². The van der Waals surface area contributed by atoms with Gasteiger partial charge in [-0.1, -0.05) is 36.8 Å². The molecule has 0 spiro atoms. The molecule has 2 aliphatic rings. The van der Waals surface area contributed by atoms with Crippen LogP contribution in [0.5, 0.6) is 0 Å². The molecule has 1 saturated heterocycles. The van der Waals surface area contributed by atoms with Crippen molar-refractivity contribution in [2.75, 3.05) is 26.2 Å². The van der Waals surface area contributed by atoms with Gasteiger partial charge in [0, 0.05) is 31.7 Å². The molecule has 1 saturated carbocycles. The first-order valence-corrected chi connectivity index (χ1v) is 8.49. The maximum absolute atomic E-state index is 9.29. The summed E-state index contributed by atoms with van der Waals surface area (Å²) in [5.41, 5.74) is 1.42. The van der Waals surface area contributed by atoms with Crippen molar-refractivity contribution in [1.82, 2.24) is 9.80 Å². The second-order valence-corrected chi connectivity index (χ2v) is 6.56. The summed E-state index contributed by atoms with van der Waals surface area (Å²) in [5.74, 6) is 0. The second kappa shape index (κ2) is 7.39. The van der Waals surface area contributed by atoms with E-state index in [9.17, 15) is 5.11 Å². The van der Waals surface area contributed by atoms with E-state index in [1.54, 1.807) is 0 Å². The lowest BCUT2D eigenvalue weighted by atomic mass is 10.0. The fourth-order valence-corrected chi connectivity index (χ4v) is 3.55. The van der Waals surface area contributed by atoms with E-state index in [4.69, 9.17) is 0 Å². The summed E-state index contributed by atoms with van der Waals surface area (Å²) in [7, 11) is 0. The first-order chi connectivity index (χ1) is 10.4. The summed E-state index contributed by atoms with van der Waals surface area (Å²) < 4.78 is 0. The third-order valence-electron chi connectivity index (χ3n) is 4.87. The highest BCUT2D eigenvalue weighted by atomic mass is 16.3. The Kier molecular flexibility index (Phi) is 5.28. The number of aliphatic hydroxyl groups excluding tert-OH is 1. The molecule has 116 valence electrons. The van der Waals surface area contributed by atoms with Crippen molar-refractivity contribution in [1.29, 1.82) is 0 Å². The highest BCUT2D eigenvalue weighted by Gasteiger charge is 2.32. The quantitative estimate of drug-likeness (QED) is 0.835. The summed E-state index contributed by atoms with van der Waals surface area (Å²) in [6.45, 7) is 4.57. The molecule has 0 aromatic heterocycles. The summed E-state index contributed by atoms with van der Waals surface area (Å²) in [4.78, 5) is 5.18. The number of benzene rings is 1.